The Labute approximate surface area is 100 Å². The average molecular weight is 239 g/mol. The lowest BCUT2D eigenvalue weighted by Gasteiger charge is -2.19. The van der Waals surface area contributed by atoms with Crippen molar-refractivity contribution in [1.82, 2.24) is 4.98 Å². The van der Waals surface area contributed by atoms with E-state index in [1.54, 1.807) is 32.9 Å². The third-order valence-corrected chi connectivity index (χ3v) is 1.70. The molecule has 0 atom stereocenters. The molecule has 0 radical (unpaired) electrons. The summed E-state index contributed by atoms with van der Waals surface area (Å²) in [6, 6.07) is 3.41. The van der Waals surface area contributed by atoms with Crippen molar-refractivity contribution in [2.45, 2.75) is 33.0 Å². The molecule has 0 fully saturated rings. The monoisotopic (exact) mass is 239 g/mol. The zero-order valence-electron chi connectivity index (χ0n) is 10.2. The largest absolute Gasteiger partial charge is 0.444 e. The number of carbonyl (C=O) groups excluding carboxylic acids is 1. The summed E-state index contributed by atoms with van der Waals surface area (Å²) in [5.41, 5.74) is 0.715. The highest BCUT2D eigenvalue weighted by Crippen LogP contribution is 2.11. The van der Waals surface area contributed by atoms with Gasteiger partial charge in [-0.25, -0.2) is 10.7 Å². The van der Waals surface area contributed by atoms with E-state index in [0.29, 0.717) is 11.4 Å². The first kappa shape index (κ1) is 13.4. The molecule has 94 valence electrons. The summed E-state index contributed by atoms with van der Waals surface area (Å²) < 4.78 is 5.10. The molecule has 6 nitrogen and oxygen atoms in total. The van der Waals surface area contributed by atoms with Crippen LogP contribution in [0.5, 0.6) is 0 Å². The van der Waals surface area contributed by atoms with Crippen molar-refractivity contribution in [1.29, 1.82) is 0 Å². The molecule has 6 heteroatoms. The molecule has 0 unspecified atom stereocenters. The topological polar surface area (TPSA) is 86.5 Å². The number of hydrogen-bond acceptors (Lipinski definition) is 5. The van der Waals surface area contributed by atoms with Gasteiger partial charge in [-0.2, -0.15) is 0 Å². The van der Waals surface area contributed by atoms with Crippen molar-refractivity contribution in [3.05, 3.63) is 24.0 Å². The third kappa shape index (κ3) is 5.28. The van der Waals surface area contributed by atoms with Crippen molar-refractivity contribution in [2.24, 2.45) is 5.90 Å². The number of nitrogens with one attached hydrogen (secondary N) is 1. The van der Waals surface area contributed by atoms with Crippen molar-refractivity contribution in [3.63, 3.8) is 0 Å². The Morgan fingerprint density at radius 2 is 2.18 bits per heavy atom. The molecule has 0 saturated heterocycles. The molecule has 17 heavy (non-hydrogen) atoms. The lowest BCUT2D eigenvalue weighted by atomic mass is 10.2. The van der Waals surface area contributed by atoms with Crippen LogP contribution in [0.3, 0.4) is 0 Å². The highest BCUT2D eigenvalue weighted by Gasteiger charge is 2.16. The van der Waals surface area contributed by atoms with E-state index < -0.39 is 11.7 Å². The fourth-order valence-corrected chi connectivity index (χ4v) is 1.09. The molecular weight excluding hydrogens is 222 g/mol. The van der Waals surface area contributed by atoms with Gasteiger partial charge in [0.1, 0.15) is 12.2 Å². The van der Waals surface area contributed by atoms with Crippen LogP contribution in [0.1, 0.15) is 26.5 Å². The first-order chi connectivity index (χ1) is 7.90. The molecule has 1 heterocycles. The lowest BCUT2D eigenvalue weighted by Crippen LogP contribution is -2.27. The summed E-state index contributed by atoms with van der Waals surface area (Å²) in [6.07, 6.45) is 1.00. The molecule has 1 rings (SSSR count). The van der Waals surface area contributed by atoms with Crippen LogP contribution < -0.4 is 11.2 Å². The fourth-order valence-electron chi connectivity index (χ4n) is 1.09. The maximum Gasteiger partial charge on any atom is 0.412 e. The molecule has 0 aliphatic rings. The number of aromatic nitrogens is 1. The maximum absolute atomic E-state index is 11.4. The Kier molecular flexibility index (Phi) is 4.42. The molecule has 0 aliphatic carbocycles. The summed E-state index contributed by atoms with van der Waals surface area (Å²) in [5.74, 6) is 4.92. The average Bonchev–Trinajstić information content (AvgIpc) is 2.18. The maximum atomic E-state index is 11.4. The lowest BCUT2D eigenvalue weighted by molar-refractivity contribution is 0.0636. The van der Waals surface area contributed by atoms with Crippen molar-refractivity contribution < 1.29 is 14.4 Å². The minimum atomic E-state index is -0.523. The number of ether oxygens (including phenoxy) is 1. The van der Waals surface area contributed by atoms with E-state index in [-0.39, 0.29) is 6.61 Å². The van der Waals surface area contributed by atoms with Gasteiger partial charge in [-0.05, 0) is 32.9 Å². The van der Waals surface area contributed by atoms with Crippen LogP contribution in [0, 0.1) is 0 Å². The summed E-state index contributed by atoms with van der Waals surface area (Å²) >= 11 is 0. The Hall–Kier alpha value is -1.66. The van der Waals surface area contributed by atoms with Crippen LogP contribution in [0.2, 0.25) is 0 Å². The minimum Gasteiger partial charge on any atom is -0.444 e. The molecule has 0 aromatic carbocycles. The van der Waals surface area contributed by atoms with Gasteiger partial charge in [-0.15, -0.1) is 0 Å². The van der Waals surface area contributed by atoms with E-state index in [4.69, 9.17) is 10.6 Å². The fraction of sp³-hybridized carbons (Fsp3) is 0.455. The van der Waals surface area contributed by atoms with Gasteiger partial charge < -0.3 is 4.74 Å². The summed E-state index contributed by atoms with van der Waals surface area (Å²) in [7, 11) is 0. The van der Waals surface area contributed by atoms with Gasteiger partial charge in [0.15, 0.2) is 0 Å². The molecule has 0 bridgehead atoms. The number of nitrogens with zero attached hydrogens (tertiary/aromatic N) is 1. The number of carbonyl (C=O) groups is 1. The van der Waals surface area contributed by atoms with Crippen LogP contribution in [0.4, 0.5) is 10.5 Å². The second-order valence-electron chi connectivity index (χ2n) is 4.48. The van der Waals surface area contributed by atoms with Crippen LogP contribution in [-0.2, 0) is 16.2 Å². The number of nitrogens with two attached hydrogens (primary N) is 1. The summed E-state index contributed by atoms with van der Waals surface area (Å²) in [4.78, 5) is 19.9. The van der Waals surface area contributed by atoms with Gasteiger partial charge in [-0.3, -0.25) is 15.1 Å². The van der Waals surface area contributed by atoms with Gasteiger partial charge in [0, 0.05) is 0 Å². The molecular formula is C11H17N3O3. The second-order valence-corrected chi connectivity index (χ2v) is 4.48. The van der Waals surface area contributed by atoms with E-state index >= 15 is 0 Å². The molecule has 1 aromatic heterocycles. The zero-order chi connectivity index (χ0) is 12.9. The van der Waals surface area contributed by atoms with Crippen LogP contribution in [0.25, 0.3) is 0 Å². The van der Waals surface area contributed by atoms with E-state index in [1.165, 1.54) is 6.20 Å². The number of pyridine rings is 1. The van der Waals surface area contributed by atoms with Gasteiger partial charge in [-0.1, -0.05) is 0 Å². The second kappa shape index (κ2) is 5.60. The van der Waals surface area contributed by atoms with Crippen molar-refractivity contribution >= 4 is 11.8 Å². The predicted molar refractivity (Wildman–Crippen MR) is 63.1 cm³/mol. The zero-order valence-corrected chi connectivity index (χ0v) is 10.2. The van der Waals surface area contributed by atoms with Gasteiger partial charge in [0.05, 0.1) is 17.6 Å². The third-order valence-electron chi connectivity index (χ3n) is 1.70. The standard InChI is InChI=1S/C11H17N3O3/c1-11(2,3)17-10(15)14-8-4-5-9(7-16-12)13-6-8/h4-6H,7,12H2,1-3H3,(H,14,15). The number of hydrogen-bond donors (Lipinski definition) is 2. The van der Waals surface area contributed by atoms with E-state index in [2.05, 4.69) is 15.1 Å². The summed E-state index contributed by atoms with van der Waals surface area (Å²) in [5, 5.41) is 2.57. The molecule has 1 amide bonds. The van der Waals surface area contributed by atoms with Gasteiger partial charge in [0.2, 0.25) is 0 Å². The van der Waals surface area contributed by atoms with Crippen molar-refractivity contribution in [2.75, 3.05) is 5.32 Å². The van der Waals surface area contributed by atoms with Crippen LogP contribution in [0.15, 0.2) is 18.3 Å². The van der Waals surface area contributed by atoms with Gasteiger partial charge >= 0.3 is 6.09 Å². The Morgan fingerprint density at radius 3 is 2.65 bits per heavy atom. The van der Waals surface area contributed by atoms with E-state index in [9.17, 15) is 4.79 Å². The minimum absolute atomic E-state index is 0.229. The highest BCUT2D eigenvalue weighted by molar-refractivity contribution is 5.84. The summed E-state index contributed by atoms with van der Waals surface area (Å²) in [6.45, 7) is 5.62. The molecule has 3 N–H and O–H groups in total. The SMILES string of the molecule is CC(C)(C)OC(=O)Nc1ccc(CON)nc1. The van der Waals surface area contributed by atoms with E-state index in [1.807, 2.05) is 0 Å². The Morgan fingerprint density at radius 1 is 1.47 bits per heavy atom. The number of amides is 1. The molecule has 1 aromatic rings. The first-order valence-electron chi connectivity index (χ1n) is 5.17. The van der Waals surface area contributed by atoms with E-state index in [0.717, 1.165) is 0 Å². The predicted octanol–water partition coefficient (Wildman–Crippen LogP) is 1.82. The quantitative estimate of drug-likeness (QED) is 0.786. The molecule has 0 aliphatic heterocycles. The first-order valence-corrected chi connectivity index (χ1v) is 5.17. The Balaban J connectivity index is 2.54. The smallest absolute Gasteiger partial charge is 0.412 e. The van der Waals surface area contributed by atoms with Crippen LogP contribution in [-0.4, -0.2) is 16.7 Å². The normalized spacial score (nSPS) is 11.1. The number of anilines is 1. The van der Waals surface area contributed by atoms with Gasteiger partial charge in [0.25, 0.3) is 0 Å². The van der Waals surface area contributed by atoms with Crippen LogP contribution >= 0.6 is 0 Å². The Bertz CT molecular complexity index is 371. The molecule has 0 spiro atoms. The van der Waals surface area contributed by atoms with Crippen molar-refractivity contribution in [3.8, 4) is 0 Å². The highest BCUT2D eigenvalue weighted by atomic mass is 16.6. The number of rotatable bonds is 3. The molecule has 0 saturated carbocycles.